The molecule has 0 aromatic heterocycles. The van der Waals surface area contributed by atoms with E-state index in [2.05, 4.69) is 42.3 Å². The zero-order chi connectivity index (χ0) is 13.0. The number of benzene rings is 1. The van der Waals surface area contributed by atoms with Crippen LogP contribution in [0.5, 0.6) is 0 Å². The second-order valence-corrected chi connectivity index (χ2v) is 5.49. The van der Waals surface area contributed by atoms with E-state index in [0.717, 1.165) is 19.0 Å². The van der Waals surface area contributed by atoms with Crippen molar-refractivity contribution >= 4 is 5.69 Å². The minimum Gasteiger partial charge on any atom is -0.371 e. The summed E-state index contributed by atoms with van der Waals surface area (Å²) in [5.74, 6) is 0.932. The Hall–Kier alpha value is -1.02. The summed E-state index contributed by atoms with van der Waals surface area (Å²) in [5.41, 5.74) is 4.20. The summed E-state index contributed by atoms with van der Waals surface area (Å²) in [6.45, 7) is 7.80. The number of hydrogen-bond acceptors (Lipinski definition) is 2. The van der Waals surface area contributed by atoms with Crippen LogP contribution in [-0.4, -0.2) is 20.1 Å². The quantitative estimate of drug-likeness (QED) is 0.828. The lowest BCUT2D eigenvalue weighted by atomic mass is 9.85. The van der Waals surface area contributed by atoms with Crippen LogP contribution in [0.2, 0.25) is 0 Å². The molecule has 1 aliphatic rings. The third-order valence-electron chi connectivity index (χ3n) is 4.07. The Morgan fingerprint density at radius 2 is 2.11 bits per heavy atom. The summed E-state index contributed by atoms with van der Waals surface area (Å²) in [5, 5.41) is 3.21. The minimum atomic E-state index is 0.932. The normalized spacial score (nSPS) is 15.5. The van der Waals surface area contributed by atoms with Gasteiger partial charge in [-0.05, 0) is 56.8 Å². The van der Waals surface area contributed by atoms with E-state index in [-0.39, 0.29) is 0 Å². The molecule has 2 nitrogen and oxygen atoms in total. The number of aryl methyl sites for hydroxylation is 1. The lowest BCUT2D eigenvalue weighted by molar-refractivity contribution is 0.318. The first-order valence-corrected chi connectivity index (χ1v) is 7.23. The second-order valence-electron chi connectivity index (χ2n) is 5.49. The van der Waals surface area contributed by atoms with Crippen molar-refractivity contribution < 1.29 is 0 Å². The molecule has 0 amide bonds. The molecule has 2 heteroatoms. The number of anilines is 1. The molecule has 1 aromatic rings. The summed E-state index contributed by atoms with van der Waals surface area (Å²) in [7, 11) is 2.00. The van der Waals surface area contributed by atoms with Gasteiger partial charge in [-0.3, -0.25) is 0 Å². The van der Waals surface area contributed by atoms with Crippen LogP contribution in [0.15, 0.2) is 18.2 Å². The lowest BCUT2D eigenvalue weighted by Gasteiger charge is -2.34. The number of hydrogen-bond donors (Lipinski definition) is 1. The van der Waals surface area contributed by atoms with E-state index in [4.69, 9.17) is 0 Å². The monoisotopic (exact) mass is 246 g/mol. The molecule has 1 N–H and O–H groups in total. The summed E-state index contributed by atoms with van der Waals surface area (Å²) in [4.78, 5) is 2.54. The van der Waals surface area contributed by atoms with Gasteiger partial charge in [-0.15, -0.1) is 0 Å². The Kier molecular flexibility index (Phi) is 4.65. The summed E-state index contributed by atoms with van der Waals surface area (Å²) in [6.07, 6.45) is 4.28. The third-order valence-corrected chi connectivity index (χ3v) is 4.07. The van der Waals surface area contributed by atoms with Crippen LogP contribution in [0.1, 0.15) is 37.3 Å². The number of nitrogens with one attached hydrogen (secondary N) is 1. The van der Waals surface area contributed by atoms with Gasteiger partial charge in [0.25, 0.3) is 0 Å². The first-order valence-electron chi connectivity index (χ1n) is 7.23. The van der Waals surface area contributed by atoms with Gasteiger partial charge >= 0.3 is 0 Å². The Bertz CT molecular complexity index is 383. The fraction of sp³-hybridized carbons (Fsp3) is 0.625. The van der Waals surface area contributed by atoms with Crippen molar-refractivity contribution in [1.29, 1.82) is 0 Å². The van der Waals surface area contributed by atoms with Gasteiger partial charge in [-0.1, -0.05) is 18.6 Å². The van der Waals surface area contributed by atoms with Gasteiger partial charge < -0.3 is 10.2 Å². The summed E-state index contributed by atoms with van der Waals surface area (Å²) >= 11 is 0. The molecule has 0 spiro atoms. The van der Waals surface area contributed by atoms with Gasteiger partial charge in [0.2, 0.25) is 0 Å². The molecule has 1 aromatic carbocycles. The van der Waals surface area contributed by atoms with Crippen LogP contribution in [-0.2, 0) is 6.54 Å². The molecule has 0 radical (unpaired) electrons. The molecule has 0 heterocycles. The highest BCUT2D eigenvalue weighted by molar-refractivity contribution is 5.54. The van der Waals surface area contributed by atoms with Crippen LogP contribution in [0.4, 0.5) is 5.69 Å². The maximum Gasteiger partial charge on any atom is 0.0396 e. The van der Waals surface area contributed by atoms with Crippen LogP contribution >= 0.6 is 0 Å². The Morgan fingerprint density at radius 1 is 1.33 bits per heavy atom. The van der Waals surface area contributed by atoms with Gasteiger partial charge in [0, 0.05) is 25.3 Å². The van der Waals surface area contributed by atoms with Crippen molar-refractivity contribution in [3.63, 3.8) is 0 Å². The molecule has 1 fully saturated rings. The predicted molar refractivity (Wildman–Crippen MR) is 79.2 cm³/mol. The highest BCUT2D eigenvalue weighted by Crippen LogP contribution is 2.30. The van der Waals surface area contributed by atoms with Gasteiger partial charge in [0.15, 0.2) is 0 Å². The molecule has 0 bridgehead atoms. The maximum absolute atomic E-state index is 3.21. The molecule has 2 rings (SSSR count). The molecule has 1 saturated carbocycles. The highest BCUT2D eigenvalue weighted by Gasteiger charge is 2.20. The van der Waals surface area contributed by atoms with Crippen LogP contribution in [0.3, 0.4) is 0 Å². The molecule has 0 unspecified atom stereocenters. The van der Waals surface area contributed by atoms with Crippen molar-refractivity contribution in [2.45, 2.75) is 39.7 Å². The fourth-order valence-corrected chi connectivity index (χ4v) is 2.77. The van der Waals surface area contributed by atoms with Crippen molar-refractivity contribution in [2.75, 3.05) is 25.0 Å². The lowest BCUT2D eigenvalue weighted by Crippen LogP contribution is -2.32. The SMILES string of the molecule is CCN(CC1CCC1)c1ccc(CNC)cc1C. The topological polar surface area (TPSA) is 15.3 Å². The summed E-state index contributed by atoms with van der Waals surface area (Å²) in [6, 6.07) is 6.86. The van der Waals surface area contributed by atoms with Crippen molar-refractivity contribution in [3.8, 4) is 0 Å². The van der Waals surface area contributed by atoms with E-state index in [1.54, 1.807) is 0 Å². The number of rotatable bonds is 6. The van der Waals surface area contributed by atoms with Gasteiger partial charge in [0.1, 0.15) is 0 Å². The van der Waals surface area contributed by atoms with E-state index in [9.17, 15) is 0 Å². The average molecular weight is 246 g/mol. The van der Waals surface area contributed by atoms with E-state index < -0.39 is 0 Å². The van der Waals surface area contributed by atoms with E-state index in [0.29, 0.717) is 0 Å². The zero-order valence-corrected chi connectivity index (χ0v) is 12.0. The Labute approximate surface area is 111 Å². The molecular formula is C16H26N2. The molecule has 0 atom stereocenters. The first-order chi connectivity index (χ1) is 8.74. The Balaban J connectivity index is 2.09. The molecule has 100 valence electrons. The van der Waals surface area contributed by atoms with E-state index in [1.165, 1.54) is 42.6 Å². The van der Waals surface area contributed by atoms with Crippen LogP contribution in [0, 0.1) is 12.8 Å². The van der Waals surface area contributed by atoms with Crippen LogP contribution in [0.25, 0.3) is 0 Å². The second kappa shape index (κ2) is 6.24. The fourth-order valence-electron chi connectivity index (χ4n) is 2.77. The van der Waals surface area contributed by atoms with Crippen molar-refractivity contribution in [2.24, 2.45) is 5.92 Å². The third kappa shape index (κ3) is 3.05. The molecular weight excluding hydrogens is 220 g/mol. The van der Waals surface area contributed by atoms with E-state index in [1.807, 2.05) is 7.05 Å². The van der Waals surface area contributed by atoms with Gasteiger partial charge in [0.05, 0.1) is 0 Å². The maximum atomic E-state index is 3.21. The van der Waals surface area contributed by atoms with Crippen molar-refractivity contribution in [1.82, 2.24) is 5.32 Å². The zero-order valence-electron chi connectivity index (χ0n) is 12.0. The average Bonchev–Trinajstić information content (AvgIpc) is 2.30. The predicted octanol–water partition coefficient (Wildman–Crippen LogP) is 3.34. The molecule has 0 aliphatic heterocycles. The highest BCUT2D eigenvalue weighted by atomic mass is 15.1. The Morgan fingerprint density at radius 3 is 2.61 bits per heavy atom. The van der Waals surface area contributed by atoms with E-state index >= 15 is 0 Å². The van der Waals surface area contributed by atoms with Crippen molar-refractivity contribution in [3.05, 3.63) is 29.3 Å². The van der Waals surface area contributed by atoms with Gasteiger partial charge in [-0.25, -0.2) is 0 Å². The van der Waals surface area contributed by atoms with Crippen LogP contribution < -0.4 is 10.2 Å². The smallest absolute Gasteiger partial charge is 0.0396 e. The van der Waals surface area contributed by atoms with Gasteiger partial charge in [-0.2, -0.15) is 0 Å². The number of nitrogens with zero attached hydrogens (tertiary/aromatic N) is 1. The molecule has 0 saturated heterocycles. The molecule has 18 heavy (non-hydrogen) atoms. The first kappa shape index (κ1) is 13.4. The standard InChI is InChI=1S/C16H26N2/c1-4-18(12-14-6-5-7-14)16-9-8-15(11-17-3)10-13(16)2/h8-10,14,17H,4-7,11-12H2,1-3H3. The summed E-state index contributed by atoms with van der Waals surface area (Å²) < 4.78 is 0. The largest absolute Gasteiger partial charge is 0.371 e. The molecule has 1 aliphatic carbocycles. The minimum absolute atomic E-state index is 0.932.